The predicted octanol–water partition coefficient (Wildman–Crippen LogP) is 3.88. The number of nitrogen functional groups attached to an aromatic ring is 1. The lowest BCUT2D eigenvalue weighted by Gasteiger charge is -2.15. The molecule has 0 unspecified atom stereocenters. The maximum absolute atomic E-state index is 12.1. The van der Waals surface area contributed by atoms with Crippen molar-refractivity contribution in [3.63, 3.8) is 0 Å². The van der Waals surface area contributed by atoms with Crippen molar-refractivity contribution in [1.29, 1.82) is 0 Å². The zero-order chi connectivity index (χ0) is 13.7. The molecule has 104 valence electrons. The first-order valence-corrected chi connectivity index (χ1v) is 7.32. The van der Waals surface area contributed by atoms with Crippen LogP contribution in [0.2, 0.25) is 0 Å². The molecule has 1 amide bonds. The second-order valence-corrected chi connectivity index (χ2v) is 5.63. The largest absolute Gasteiger partial charge is 0.398 e. The first-order valence-electron chi connectivity index (χ1n) is 7.32. The first-order chi connectivity index (χ1) is 9.16. The van der Waals surface area contributed by atoms with Crippen LogP contribution in [0.5, 0.6) is 0 Å². The van der Waals surface area contributed by atoms with Gasteiger partial charge in [0.25, 0.3) is 0 Å². The molecule has 0 atom stereocenters. The van der Waals surface area contributed by atoms with Crippen molar-refractivity contribution in [2.75, 3.05) is 11.1 Å². The number of carbonyl (C=O) groups is 1. The lowest BCUT2D eigenvalue weighted by atomic mass is 9.96. The molecule has 0 saturated heterocycles. The fourth-order valence-electron chi connectivity index (χ4n) is 2.82. The summed E-state index contributed by atoms with van der Waals surface area (Å²) >= 11 is 0. The van der Waals surface area contributed by atoms with Crippen molar-refractivity contribution in [2.24, 2.45) is 5.92 Å². The van der Waals surface area contributed by atoms with E-state index in [0.717, 1.165) is 16.9 Å². The van der Waals surface area contributed by atoms with Crippen LogP contribution in [-0.2, 0) is 4.79 Å². The average Bonchev–Trinajstić information content (AvgIpc) is 2.63. The molecule has 1 aromatic rings. The van der Waals surface area contributed by atoms with E-state index in [1.54, 1.807) is 0 Å². The van der Waals surface area contributed by atoms with E-state index in [1.165, 1.54) is 38.5 Å². The Hall–Kier alpha value is -1.51. The van der Waals surface area contributed by atoms with E-state index in [9.17, 15) is 4.79 Å². The van der Waals surface area contributed by atoms with Gasteiger partial charge in [0, 0.05) is 17.8 Å². The van der Waals surface area contributed by atoms with E-state index < -0.39 is 0 Å². The maximum atomic E-state index is 12.1. The Bertz CT molecular complexity index is 434. The van der Waals surface area contributed by atoms with Crippen molar-refractivity contribution >= 4 is 17.3 Å². The van der Waals surface area contributed by atoms with Gasteiger partial charge in [-0.2, -0.15) is 0 Å². The van der Waals surface area contributed by atoms with Crippen LogP contribution in [-0.4, -0.2) is 5.91 Å². The highest BCUT2D eigenvalue weighted by molar-refractivity contribution is 5.92. The molecule has 0 radical (unpaired) electrons. The van der Waals surface area contributed by atoms with Crippen LogP contribution in [0.15, 0.2) is 18.2 Å². The molecule has 0 spiro atoms. The van der Waals surface area contributed by atoms with E-state index in [0.29, 0.717) is 12.3 Å². The Balaban J connectivity index is 1.91. The first kappa shape index (κ1) is 13.9. The van der Waals surface area contributed by atoms with Crippen LogP contribution < -0.4 is 11.1 Å². The van der Waals surface area contributed by atoms with E-state index in [4.69, 9.17) is 5.73 Å². The summed E-state index contributed by atoms with van der Waals surface area (Å²) in [5.41, 5.74) is 8.38. The van der Waals surface area contributed by atoms with Crippen LogP contribution in [0.3, 0.4) is 0 Å². The predicted molar refractivity (Wildman–Crippen MR) is 80.0 cm³/mol. The smallest absolute Gasteiger partial charge is 0.224 e. The molecule has 1 aliphatic rings. The molecule has 3 heteroatoms. The second kappa shape index (κ2) is 6.60. The quantitative estimate of drug-likeness (QED) is 0.640. The maximum Gasteiger partial charge on any atom is 0.224 e. The van der Waals surface area contributed by atoms with Gasteiger partial charge in [-0.1, -0.05) is 31.7 Å². The molecule has 2 rings (SSSR count). The lowest BCUT2D eigenvalue weighted by Crippen LogP contribution is -2.17. The summed E-state index contributed by atoms with van der Waals surface area (Å²) in [5, 5.41) is 3.00. The molecule has 1 aromatic carbocycles. The number of nitrogens with one attached hydrogen (secondary N) is 1. The van der Waals surface area contributed by atoms with Crippen LogP contribution in [0.1, 0.15) is 50.5 Å². The Kier molecular flexibility index (Phi) is 4.83. The lowest BCUT2D eigenvalue weighted by molar-refractivity contribution is -0.117. The topological polar surface area (TPSA) is 55.1 Å². The van der Waals surface area contributed by atoms with Gasteiger partial charge in [0.2, 0.25) is 5.91 Å². The van der Waals surface area contributed by atoms with Crippen molar-refractivity contribution in [3.05, 3.63) is 23.8 Å². The SMILES string of the molecule is Cc1c(N)cccc1NC(=O)CC1CCCCCC1. The van der Waals surface area contributed by atoms with Gasteiger partial charge in [-0.05, 0) is 43.4 Å². The third-order valence-corrected chi connectivity index (χ3v) is 4.10. The van der Waals surface area contributed by atoms with Crippen LogP contribution in [0.25, 0.3) is 0 Å². The average molecular weight is 260 g/mol. The summed E-state index contributed by atoms with van der Waals surface area (Å²) in [5.74, 6) is 0.685. The summed E-state index contributed by atoms with van der Waals surface area (Å²) in [6, 6.07) is 5.65. The van der Waals surface area contributed by atoms with Crippen molar-refractivity contribution in [3.8, 4) is 0 Å². The number of amides is 1. The zero-order valence-electron chi connectivity index (χ0n) is 11.7. The minimum absolute atomic E-state index is 0.126. The van der Waals surface area contributed by atoms with E-state index in [-0.39, 0.29) is 5.91 Å². The highest BCUT2D eigenvalue weighted by atomic mass is 16.1. The molecular formula is C16H24N2O. The summed E-state index contributed by atoms with van der Waals surface area (Å²) in [6.07, 6.45) is 8.24. The molecule has 3 N–H and O–H groups in total. The molecule has 19 heavy (non-hydrogen) atoms. The highest BCUT2D eigenvalue weighted by Gasteiger charge is 2.16. The van der Waals surface area contributed by atoms with Gasteiger partial charge in [-0.3, -0.25) is 4.79 Å². The number of benzene rings is 1. The van der Waals surface area contributed by atoms with Gasteiger partial charge >= 0.3 is 0 Å². The Morgan fingerprint density at radius 2 is 1.95 bits per heavy atom. The molecule has 1 saturated carbocycles. The normalized spacial score (nSPS) is 16.9. The minimum Gasteiger partial charge on any atom is -0.398 e. The summed E-state index contributed by atoms with van der Waals surface area (Å²) in [6.45, 7) is 1.94. The fraction of sp³-hybridized carbons (Fsp3) is 0.562. The molecule has 0 aromatic heterocycles. The Labute approximate surface area is 115 Å². The second-order valence-electron chi connectivity index (χ2n) is 5.63. The Morgan fingerprint density at radius 1 is 1.26 bits per heavy atom. The minimum atomic E-state index is 0.126. The number of hydrogen-bond donors (Lipinski definition) is 2. The van der Waals surface area contributed by atoms with Gasteiger partial charge in [0.05, 0.1) is 0 Å². The van der Waals surface area contributed by atoms with Gasteiger partial charge in [-0.25, -0.2) is 0 Å². The molecule has 1 fully saturated rings. The highest BCUT2D eigenvalue weighted by Crippen LogP contribution is 2.26. The van der Waals surface area contributed by atoms with Crippen molar-refractivity contribution in [2.45, 2.75) is 51.9 Å². The summed E-state index contributed by atoms with van der Waals surface area (Å²) in [4.78, 5) is 12.1. The van der Waals surface area contributed by atoms with Crippen molar-refractivity contribution in [1.82, 2.24) is 0 Å². The third-order valence-electron chi connectivity index (χ3n) is 4.10. The molecule has 0 bridgehead atoms. The van der Waals surface area contributed by atoms with Gasteiger partial charge in [-0.15, -0.1) is 0 Å². The number of nitrogens with two attached hydrogens (primary N) is 1. The molecule has 0 aliphatic heterocycles. The van der Waals surface area contributed by atoms with Crippen LogP contribution >= 0.6 is 0 Å². The molecule has 0 heterocycles. The number of hydrogen-bond acceptors (Lipinski definition) is 2. The molecular weight excluding hydrogens is 236 g/mol. The number of carbonyl (C=O) groups excluding carboxylic acids is 1. The number of anilines is 2. The number of rotatable bonds is 3. The zero-order valence-corrected chi connectivity index (χ0v) is 11.7. The van der Waals surface area contributed by atoms with Gasteiger partial charge in [0.15, 0.2) is 0 Å². The standard InChI is InChI=1S/C16H24N2O/c1-12-14(17)9-6-10-15(12)18-16(19)11-13-7-4-2-3-5-8-13/h6,9-10,13H,2-5,7-8,11,17H2,1H3,(H,18,19). The van der Waals surface area contributed by atoms with Crippen LogP contribution in [0, 0.1) is 12.8 Å². The van der Waals surface area contributed by atoms with Crippen molar-refractivity contribution < 1.29 is 4.79 Å². The monoisotopic (exact) mass is 260 g/mol. The van der Waals surface area contributed by atoms with Gasteiger partial charge in [0.1, 0.15) is 0 Å². The fourth-order valence-corrected chi connectivity index (χ4v) is 2.82. The van der Waals surface area contributed by atoms with E-state index in [2.05, 4.69) is 5.32 Å². The molecule has 1 aliphatic carbocycles. The van der Waals surface area contributed by atoms with Gasteiger partial charge < -0.3 is 11.1 Å². The van der Waals surface area contributed by atoms with Crippen LogP contribution in [0.4, 0.5) is 11.4 Å². The molecule has 3 nitrogen and oxygen atoms in total. The summed E-state index contributed by atoms with van der Waals surface area (Å²) < 4.78 is 0. The Morgan fingerprint density at radius 3 is 2.63 bits per heavy atom. The third kappa shape index (κ3) is 3.98. The van der Waals surface area contributed by atoms with E-state index in [1.807, 2.05) is 25.1 Å². The van der Waals surface area contributed by atoms with E-state index >= 15 is 0 Å². The summed E-state index contributed by atoms with van der Waals surface area (Å²) in [7, 11) is 0.